The van der Waals surface area contributed by atoms with E-state index < -0.39 is 17.5 Å². The fourth-order valence-electron chi connectivity index (χ4n) is 1.45. The summed E-state index contributed by atoms with van der Waals surface area (Å²) in [6.07, 6.45) is 0. The lowest BCUT2D eigenvalue weighted by Gasteiger charge is -2.24. The topological polar surface area (TPSA) is 71.1 Å². The molecule has 0 N–H and O–H groups in total. The van der Waals surface area contributed by atoms with Gasteiger partial charge in [-0.3, -0.25) is 0 Å². The maximum absolute atomic E-state index is 11.7. The number of hydrogen-bond acceptors (Lipinski definition) is 6. The second-order valence-electron chi connectivity index (χ2n) is 4.67. The molecular weight excluding hydrogens is 276 g/mol. The van der Waals surface area contributed by atoms with Crippen molar-refractivity contribution in [1.29, 1.82) is 0 Å². The predicted molar refractivity (Wildman–Crippen MR) is 75.3 cm³/mol. The van der Waals surface area contributed by atoms with Crippen molar-refractivity contribution in [2.75, 3.05) is 20.3 Å². The molecule has 0 amide bonds. The van der Waals surface area contributed by atoms with E-state index in [1.165, 1.54) is 7.11 Å². The van der Waals surface area contributed by atoms with Gasteiger partial charge in [0.05, 0.1) is 13.7 Å². The van der Waals surface area contributed by atoms with Crippen LogP contribution >= 0.6 is 0 Å². The lowest BCUT2D eigenvalue weighted by Crippen LogP contribution is -2.39. The van der Waals surface area contributed by atoms with Gasteiger partial charge in [0.15, 0.2) is 12.2 Å². The maximum atomic E-state index is 11.7. The number of carbonyl (C=O) groups excluding carboxylic acids is 2. The molecule has 0 fully saturated rings. The van der Waals surface area contributed by atoms with Crippen LogP contribution in [0.3, 0.4) is 0 Å². The third-order valence-corrected chi connectivity index (χ3v) is 2.55. The molecule has 0 heterocycles. The Labute approximate surface area is 123 Å². The van der Waals surface area contributed by atoms with Gasteiger partial charge in [-0.1, -0.05) is 0 Å². The van der Waals surface area contributed by atoms with Gasteiger partial charge < -0.3 is 18.9 Å². The largest absolute Gasteiger partial charge is 0.482 e. The number of esters is 2. The summed E-state index contributed by atoms with van der Waals surface area (Å²) in [4.78, 5) is 22.7. The molecule has 0 aromatic heterocycles. The molecule has 0 bridgehead atoms. The van der Waals surface area contributed by atoms with E-state index in [1.54, 1.807) is 45.0 Å². The first-order valence-corrected chi connectivity index (χ1v) is 6.55. The van der Waals surface area contributed by atoms with Crippen LogP contribution in [-0.2, 0) is 19.1 Å². The summed E-state index contributed by atoms with van der Waals surface area (Å²) in [6, 6.07) is 6.57. The smallest absolute Gasteiger partial charge is 0.349 e. The number of rotatable bonds is 7. The van der Waals surface area contributed by atoms with Crippen molar-refractivity contribution in [1.82, 2.24) is 0 Å². The highest BCUT2D eigenvalue weighted by Crippen LogP contribution is 2.22. The Hall–Kier alpha value is -2.24. The molecule has 6 nitrogen and oxygen atoms in total. The highest BCUT2D eigenvalue weighted by Gasteiger charge is 2.31. The van der Waals surface area contributed by atoms with Crippen LogP contribution in [0.4, 0.5) is 0 Å². The SMILES string of the molecule is CCOC(=O)C(C)(C)Oc1ccc(OCC(=O)OC)cc1. The summed E-state index contributed by atoms with van der Waals surface area (Å²) in [5.41, 5.74) is -1.08. The zero-order valence-corrected chi connectivity index (χ0v) is 12.7. The normalized spacial score (nSPS) is 10.7. The molecule has 0 aliphatic heterocycles. The van der Waals surface area contributed by atoms with E-state index in [2.05, 4.69) is 4.74 Å². The van der Waals surface area contributed by atoms with Gasteiger partial charge in [0.2, 0.25) is 0 Å². The molecule has 0 aliphatic rings. The lowest BCUT2D eigenvalue weighted by atomic mass is 10.1. The minimum atomic E-state index is -1.08. The van der Waals surface area contributed by atoms with Gasteiger partial charge in [-0.25, -0.2) is 9.59 Å². The van der Waals surface area contributed by atoms with Crippen LogP contribution in [0.1, 0.15) is 20.8 Å². The second kappa shape index (κ2) is 7.52. The standard InChI is InChI=1S/C15H20O6/c1-5-19-14(17)15(2,3)21-12-8-6-11(7-9-12)20-10-13(16)18-4/h6-9H,5,10H2,1-4H3. The molecule has 1 aromatic carbocycles. The van der Waals surface area contributed by atoms with E-state index >= 15 is 0 Å². The first kappa shape index (κ1) is 16.8. The third kappa shape index (κ3) is 5.33. The van der Waals surface area contributed by atoms with Crippen LogP contribution < -0.4 is 9.47 Å². The quantitative estimate of drug-likeness (QED) is 0.716. The molecular formula is C15H20O6. The Morgan fingerprint density at radius 3 is 2.19 bits per heavy atom. The van der Waals surface area contributed by atoms with Crippen LogP contribution in [0.2, 0.25) is 0 Å². The summed E-state index contributed by atoms with van der Waals surface area (Å²) >= 11 is 0. The summed E-state index contributed by atoms with van der Waals surface area (Å²) in [5.74, 6) is 0.106. The predicted octanol–water partition coefficient (Wildman–Crippen LogP) is 1.96. The van der Waals surface area contributed by atoms with Gasteiger partial charge in [-0.2, -0.15) is 0 Å². The van der Waals surface area contributed by atoms with E-state index in [9.17, 15) is 9.59 Å². The van der Waals surface area contributed by atoms with Crippen molar-refractivity contribution in [3.63, 3.8) is 0 Å². The molecule has 6 heteroatoms. The third-order valence-electron chi connectivity index (χ3n) is 2.55. The van der Waals surface area contributed by atoms with Crippen LogP contribution in [0, 0.1) is 0 Å². The van der Waals surface area contributed by atoms with Crippen LogP contribution in [0.5, 0.6) is 11.5 Å². The monoisotopic (exact) mass is 296 g/mol. The van der Waals surface area contributed by atoms with Gasteiger partial charge in [0.1, 0.15) is 11.5 Å². The molecule has 0 unspecified atom stereocenters. The summed E-state index contributed by atoms with van der Waals surface area (Å²) < 4.78 is 20.2. The number of ether oxygens (including phenoxy) is 4. The Morgan fingerprint density at radius 2 is 1.67 bits per heavy atom. The number of hydrogen-bond donors (Lipinski definition) is 0. The maximum Gasteiger partial charge on any atom is 0.349 e. The first-order chi connectivity index (χ1) is 9.89. The first-order valence-electron chi connectivity index (χ1n) is 6.55. The summed E-state index contributed by atoms with van der Waals surface area (Å²) in [6.45, 7) is 5.14. The molecule has 0 saturated carbocycles. The molecule has 21 heavy (non-hydrogen) atoms. The Kier molecular flexibility index (Phi) is 6.02. The molecule has 1 aromatic rings. The van der Waals surface area contributed by atoms with Crippen molar-refractivity contribution < 1.29 is 28.5 Å². The van der Waals surface area contributed by atoms with Crippen molar-refractivity contribution in [3.8, 4) is 11.5 Å². The lowest BCUT2D eigenvalue weighted by molar-refractivity contribution is -0.158. The fourth-order valence-corrected chi connectivity index (χ4v) is 1.45. The molecule has 0 radical (unpaired) electrons. The zero-order chi connectivity index (χ0) is 15.9. The van der Waals surface area contributed by atoms with Crippen molar-refractivity contribution in [3.05, 3.63) is 24.3 Å². The highest BCUT2D eigenvalue weighted by molar-refractivity contribution is 5.79. The van der Waals surface area contributed by atoms with E-state index in [1.807, 2.05) is 0 Å². The van der Waals surface area contributed by atoms with Crippen molar-refractivity contribution >= 4 is 11.9 Å². The Balaban J connectivity index is 2.61. The molecule has 116 valence electrons. The Bertz CT molecular complexity index is 477. The molecule has 0 saturated heterocycles. The van der Waals surface area contributed by atoms with Gasteiger partial charge in [0.25, 0.3) is 0 Å². The molecule has 1 rings (SSSR count). The molecule has 0 spiro atoms. The van der Waals surface area contributed by atoms with Crippen molar-refractivity contribution in [2.45, 2.75) is 26.4 Å². The average Bonchev–Trinajstić information content (AvgIpc) is 2.46. The van der Waals surface area contributed by atoms with Crippen LogP contribution in [-0.4, -0.2) is 37.9 Å². The highest BCUT2D eigenvalue weighted by atomic mass is 16.6. The number of carbonyl (C=O) groups is 2. The second-order valence-corrected chi connectivity index (χ2v) is 4.67. The summed E-state index contributed by atoms with van der Waals surface area (Å²) in [5, 5.41) is 0. The number of benzene rings is 1. The minimum Gasteiger partial charge on any atom is -0.482 e. The van der Waals surface area contributed by atoms with E-state index in [4.69, 9.17) is 14.2 Å². The van der Waals surface area contributed by atoms with Crippen molar-refractivity contribution in [2.24, 2.45) is 0 Å². The number of methoxy groups -OCH3 is 1. The van der Waals surface area contributed by atoms with Gasteiger partial charge in [-0.05, 0) is 45.0 Å². The average molecular weight is 296 g/mol. The minimum absolute atomic E-state index is 0.162. The zero-order valence-electron chi connectivity index (χ0n) is 12.7. The van der Waals surface area contributed by atoms with Crippen LogP contribution in [0.25, 0.3) is 0 Å². The van der Waals surface area contributed by atoms with E-state index in [-0.39, 0.29) is 6.61 Å². The van der Waals surface area contributed by atoms with Gasteiger partial charge in [0, 0.05) is 0 Å². The molecule has 0 atom stereocenters. The van der Waals surface area contributed by atoms with Crippen LogP contribution in [0.15, 0.2) is 24.3 Å². The van der Waals surface area contributed by atoms with Gasteiger partial charge >= 0.3 is 11.9 Å². The Morgan fingerprint density at radius 1 is 1.10 bits per heavy atom. The van der Waals surface area contributed by atoms with Gasteiger partial charge in [-0.15, -0.1) is 0 Å². The molecule has 0 aliphatic carbocycles. The van der Waals surface area contributed by atoms with E-state index in [0.29, 0.717) is 18.1 Å². The summed E-state index contributed by atoms with van der Waals surface area (Å²) in [7, 11) is 1.29. The fraction of sp³-hybridized carbons (Fsp3) is 0.467. The van der Waals surface area contributed by atoms with E-state index in [0.717, 1.165) is 0 Å².